The Labute approximate surface area is 106 Å². The molecule has 0 atom stereocenters. The molecule has 1 amide bonds. The van der Waals surface area contributed by atoms with E-state index in [2.05, 4.69) is 35.4 Å². The van der Waals surface area contributed by atoms with Crippen molar-refractivity contribution in [3.8, 4) is 0 Å². The molecule has 0 radical (unpaired) electrons. The summed E-state index contributed by atoms with van der Waals surface area (Å²) in [6.45, 7) is 4.30. The van der Waals surface area contributed by atoms with E-state index in [0.29, 0.717) is 12.8 Å². The van der Waals surface area contributed by atoms with E-state index in [4.69, 9.17) is 0 Å². The average Bonchev–Trinajstić information content (AvgIpc) is 2.66. The predicted molar refractivity (Wildman–Crippen MR) is 71.5 cm³/mol. The van der Waals surface area contributed by atoms with Gasteiger partial charge in [-0.05, 0) is 23.3 Å². The predicted octanol–water partition coefficient (Wildman–Crippen LogP) is 2.29. The van der Waals surface area contributed by atoms with E-state index in [0.717, 1.165) is 17.0 Å². The van der Waals surface area contributed by atoms with Gasteiger partial charge < -0.3 is 0 Å². The Hall–Kier alpha value is -1.97. The molecule has 0 aromatic heterocycles. The lowest BCUT2D eigenvalue weighted by Gasteiger charge is -2.18. The van der Waals surface area contributed by atoms with E-state index in [1.54, 1.807) is 0 Å². The van der Waals surface area contributed by atoms with E-state index < -0.39 is 0 Å². The van der Waals surface area contributed by atoms with Gasteiger partial charge in [-0.1, -0.05) is 19.9 Å². The molecule has 0 saturated carbocycles. The van der Waals surface area contributed by atoms with E-state index in [9.17, 15) is 4.79 Å². The van der Waals surface area contributed by atoms with E-state index in [-0.39, 0.29) is 11.3 Å². The van der Waals surface area contributed by atoms with Gasteiger partial charge in [-0.3, -0.25) is 9.79 Å². The van der Waals surface area contributed by atoms with Crippen LogP contribution < -0.4 is 5.43 Å². The Kier molecular flexibility index (Phi) is 2.33. The molecule has 1 N–H and O–H groups in total. The molecule has 3 rings (SSSR count). The van der Waals surface area contributed by atoms with Gasteiger partial charge in [0.25, 0.3) is 0 Å². The molecule has 4 heteroatoms. The Bertz CT molecular complexity index is 585. The van der Waals surface area contributed by atoms with Crippen molar-refractivity contribution in [1.82, 2.24) is 5.43 Å². The first kappa shape index (κ1) is 11.1. The van der Waals surface area contributed by atoms with Crippen LogP contribution in [0.1, 0.15) is 37.8 Å². The summed E-state index contributed by atoms with van der Waals surface area (Å²) in [6, 6.07) is 6.18. The van der Waals surface area contributed by atoms with Crippen molar-refractivity contribution in [2.24, 2.45) is 10.1 Å². The number of hydrogen-bond acceptors (Lipinski definition) is 3. The van der Waals surface area contributed by atoms with Crippen LogP contribution in [0.25, 0.3) is 0 Å². The molecule has 0 aliphatic carbocycles. The van der Waals surface area contributed by atoms with Gasteiger partial charge in [0.15, 0.2) is 0 Å². The van der Waals surface area contributed by atoms with Crippen molar-refractivity contribution in [2.75, 3.05) is 0 Å². The Balaban J connectivity index is 1.99. The molecule has 18 heavy (non-hydrogen) atoms. The normalized spacial score (nSPS) is 20.3. The second kappa shape index (κ2) is 3.77. The highest BCUT2D eigenvalue weighted by Gasteiger charge is 2.27. The highest BCUT2D eigenvalue weighted by molar-refractivity contribution is 6.05. The third-order valence-corrected chi connectivity index (χ3v) is 3.45. The third-order valence-electron chi connectivity index (χ3n) is 3.45. The summed E-state index contributed by atoms with van der Waals surface area (Å²) in [7, 11) is 0. The van der Waals surface area contributed by atoms with Gasteiger partial charge in [0.05, 0.1) is 11.4 Å². The summed E-state index contributed by atoms with van der Waals surface area (Å²) >= 11 is 0. The first-order valence-electron chi connectivity index (χ1n) is 6.12. The minimum Gasteiger partial charge on any atom is -0.273 e. The van der Waals surface area contributed by atoms with Gasteiger partial charge in [-0.25, -0.2) is 5.43 Å². The summed E-state index contributed by atoms with van der Waals surface area (Å²) in [4.78, 5) is 15.5. The molecule has 0 bridgehead atoms. The van der Waals surface area contributed by atoms with Gasteiger partial charge in [0.2, 0.25) is 5.91 Å². The summed E-state index contributed by atoms with van der Waals surface area (Å²) in [5, 5.41) is 4.13. The van der Waals surface area contributed by atoms with Gasteiger partial charge in [-0.15, -0.1) is 0 Å². The molecular formula is C14H15N3O. The maximum absolute atomic E-state index is 11.1. The standard InChI is InChI=1S/C14H15N3O/c1-14(2)8-15-12-4-3-9(7-10(12)14)11-5-6-13(18)17-16-11/h3-4,7-8H,5-6H2,1-2H3,(H,17,18). The van der Waals surface area contributed by atoms with Crippen LogP contribution >= 0.6 is 0 Å². The van der Waals surface area contributed by atoms with E-state index in [1.165, 1.54) is 5.56 Å². The smallest absolute Gasteiger partial charge is 0.240 e. The topological polar surface area (TPSA) is 53.8 Å². The zero-order chi connectivity index (χ0) is 12.8. The number of nitrogens with one attached hydrogen (secondary N) is 1. The average molecular weight is 241 g/mol. The highest BCUT2D eigenvalue weighted by Crippen LogP contribution is 2.37. The number of fused-ring (bicyclic) bond motifs is 1. The molecule has 0 fully saturated rings. The first-order valence-corrected chi connectivity index (χ1v) is 6.12. The highest BCUT2D eigenvalue weighted by atomic mass is 16.2. The zero-order valence-corrected chi connectivity index (χ0v) is 10.5. The summed E-state index contributed by atoms with van der Waals surface area (Å²) in [6.07, 6.45) is 3.19. The van der Waals surface area contributed by atoms with Crippen molar-refractivity contribution >= 4 is 23.5 Å². The Morgan fingerprint density at radius 3 is 2.83 bits per heavy atom. The number of hydrazone groups is 1. The van der Waals surface area contributed by atoms with Crippen molar-refractivity contribution in [3.05, 3.63) is 29.3 Å². The fraction of sp³-hybridized carbons (Fsp3) is 0.357. The number of nitrogens with zero attached hydrogens (tertiary/aromatic N) is 2. The van der Waals surface area contributed by atoms with Crippen LogP contribution in [0.4, 0.5) is 5.69 Å². The summed E-state index contributed by atoms with van der Waals surface area (Å²) < 4.78 is 0. The molecule has 2 aliphatic rings. The lowest BCUT2D eigenvalue weighted by molar-refractivity contribution is -0.121. The minimum absolute atomic E-state index is 0.0106. The van der Waals surface area contributed by atoms with Gasteiger partial charge in [0, 0.05) is 24.5 Å². The van der Waals surface area contributed by atoms with Gasteiger partial charge in [-0.2, -0.15) is 5.10 Å². The van der Waals surface area contributed by atoms with Crippen molar-refractivity contribution in [2.45, 2.75) is 32.1 Å². The fourth-order valence-corrected chi connectivity index (χ4v) is 2.33. The molecule has 92 valence electrons. The number of aliphatic imine (C=N–C) groups is 1. The SMILES string of the molecule is CC1(C)C=Nc2ccc(C3=NNC(=O)CC3)cc21. The largest absolute Gasteiger partial charge is 0.273 e. The first-order chi connectivity index (χ1) is 8.56. The maximum Gasteiger partial charge on any atom is 0.240 e. The number of carbonyl (C=O) groups excluding carboxylic acids is 1. The summed E-state index contributed by atoms with van der Waals surface area (Å²) in [5.41, 5.74) is 6.79. The lowest BCUT2D eigenvalue weighted by Crippen LogP contribution is -2.26. The lowest BCUT2D eigenvalue weighted by atomic mass is 9.85. The number of hydrogen-bond donors (Lipinski definition) is 1. The second-order valence-corrected chi connectivity index (χ2v) is 5.31. The number of amides is 1. The second-order valence-electron chi connectivity index (χ2n) is 5.31. The van der Waals surface area contributed by atoms with Crippen LogP contribution in [0.2, 0.25) is 0 Å². The van der Waals surface area contributed by atoms with Crippen molar-refractivity contribution < 1.29 is 4.79 Å². The van der Waals surface area contributed by atoms with E-state index in [1.807, 2.05) is 18.3 Å². The third kappa shape index (κ3) is 1.74. The van der Waals surface area contributed by atoms with Crippen LogP contribution in [0.15, 0.2) is 28.3 Å². The molecule has 2 heterocycles. The Morgan fingerprint density at radius 2 is 2.11 bits per heavy atom. The van der Waals surface area contributed by atoms with Crippen LogP contribution in [-0.4, -0.2) is 17.8 Å². The fourth-order valence-electron chi connectivity index (χ4n) is 2.33. The molecule has 0 unspecified atom stereocenters. The van der Waals surface area contributed by atoms with Gasteiger partial charge >= 0.3 is 0 Å². The minimum atomic E-state index is -0.0240. The maximum atomic E-state index is 11.1. The van der Waals surface area contributed by atoms with Gasteiger partial charge in [0.1, 0.15) is 0 Å². The van der Waals surface area contributed by atoms with Crippen LogP contribution in [0, 0.1) is 0 Å². The number of benzene rings is 1. The quantitative estimate of drug-likeness (QED) is 0.805. The van der Waals surface area contributed by atoms with E-state index >= 15 is 0 Å². The molecule has 1 aromatic rings. The molecule has 1 aromatic carbocycles. The molecule has 4 nitrogen and oxygen atoms in total. The van der Waals surface area contributed by atoms with Crippen LogP contribution in [0.5, 0.6) is 0 Å². The number of carbonyl (C=O) groups is 1. The van der Waals surface area contributed by atoms with Crippen molar-refractivity contribution in [3.63, 3.8) is 0 Å². The Morgan fingerprint density at radius 1 is 1.28 bits per heavy atom. The molecule has 0 spiro atoms. The van der Waals surface area contributed by atoms with Crippen LogP contribution in [-0.2, 0) is 10.2 Å². The summed E-state index contributed by atoms with van der Waals surface area (Å²) in [5.74, 6) is -0.0106. The van der Waals surface area contributed by atoms with Crippen molar-refractivity contribution in [1.29, 1.82) is 0 Å². The molecule has 0 saturated heterocycles. The molecular weight excluding hydrogens is 226 g/mol. The van der Waals surface area contributed by atoms with Crippen LogP contribution in [0.3, 0.4) is 0 Å². The molecule has 2 aliphatic heterocycles. The zero-order valence-electron chi connectivity index (χ0n) is 10.5. The monoisotopic (exact) mass is 241 g/mol. The number of rotatable bonds is 1.